The van der Waals surface area contributed by atoms with Gasteiger partial charge in [0, 0.05) is 18.8 Å². The van der Waals surface area contributed by atoms with Gasteiger partial charge in [-0.2, -0.15) is 4.31 Å². The minimum atomic E-state index is -3.77. The first kappa shape index (κ1) is 24.9. The molecule has 1 unspecified atom stereocenters. The van der Waals surface area contributed by atoms with Crippen LogP contribution in [-0.4, -0.2) is 57.0 Å². The highest BCUT2D eigenvalue weighted by Crippen LogP contribution is 2.24. The number of morpholine rings is 1. The maximum atomic E-state index is 12.9. The first-order valence-electron chi connectivity index (χ1n) is 10.8. The summed E-state index contributed by atoms with van der Waals surface area (Å²) in [6.45, 7) is 10.1. The molecule has 0 spiro atoms. The first-order chi connectivity index (χ1) is 15.5. The number of esters is 1. The number of aryl methyl sites for hydroxylation is 4. The summed E-state index contributed by atoms with van der Waals surface area (Å²) in [6.07, 6.45) is -1.07. The molecular weight excluding hydrogens is 444 g/mol. The maximum Gasteiger partial charge on any atom is 0.339 e. The third kappa shape index (κ3) is 5.61. The van der Waals surface area contributed by atoms with Gasteiger partial charge in [0.05, 0.1) is 23.7 Å². The Morgan fingerprint density at radius 2 is 1.61 bits per heavy atom. The van der Waals surface area contributed by atoms with Gasteiger partial charge in [-0.15, -0.1) is 0 Å². The van der Waals surface area contributed by atoms with Crippen LogP contribution in [0.3, 0.4) is 0 Å². The summed E-state index contributed by atoms with van der Waals surface area (Å²) in [6, 6.07) is 8.26. The Balaban J connectivity index is 1.76. The number of hydrogen-bond acceptors (Lipinski definition) is 6. The van der Waals surface area contributed by atoms with Gasteiger partial charge in [-0.25, -0.2) is 13.2 Å². The van der Waals surface area contributed by atoms with Crippen LogP contribution >= 0.6 is 0 Å². The summed E-state index contributed by atoms with van der Waals surface area (Å²) in [4.78, 5) is 25.5. The molecule has 1 atom stereocenters. The fraction of sp³-hybridized carbons (Fsp3) is 0.417. The molecule has 1 saturated heterocycles. The second kappa shape index (κ2) is 10.0. The molecule has 1 fully saturated rings. The van der Waals surface area contributed by atoms with Crippen molar-refractivity contribution in [3.8, 4) is 0 Å². The van der Waals surface area contributed by atoms with E-state index < -0.39 is 28.0 Å². The van der Waals surface area contributed by atoms with Crippen molar-refractivity contribution in [3.05, 3.63) is 58.1 Å². The van der Waals surface area contributed by atoms with Gasteiger partial charge >= 0.3 is 5.97 Å². The lowest BCUT2D eigenvalue weighted by Gasteiger charge is -2.26. The Morgan fingerprint density at radius 1 is 1.00 bits per heavy atom. The molecule has 178 valence electrons. The van der Waals surface area contributed by atoms with Gasteiger partial charge < -0.3 is 14.8 Å². The van der Waals surface area contributed by atoms with Gasteiger partial charge in [0.2, 0.25) is 10.0 Å². The van der Waals surface area contributed by atoms with E-state index in [-0.39, 0.29) is 23.5 Å². The topological polar surface area (TPSA) is 102 Å². The van der Waals surface area contributed by atoms with Crippen LogP contribution < -0.4 is 5.32 Å². The Labute approximate surface area is 194 Å². The van der Waals surface area contributed by atoms with Crippen molar-refractivity contribution in [2.75, 3.05) is 31.6 Å². The number of sulfonamides is 1. The van der Waals surface area contributed by atoms with Crippen LogP contribution in [0.1, 0.15) is 39.5 Å². The lowest BCUT2D eigenvalue weighted by Crippen LogP contribution is -2.40. The summed E-state index contributed by atoms with van der Waals surface area (Å²) in [5.41, 5.74) is 4.26. The number of anilines is 1. The van der Waals surface area contributed by atoms with Crippen molar-refractivity contribution >= 4 is 27.6 Å². The smallest absolute Gasteiger partial charge is 0.339 e. The zero-order valence-corrected chi connectivity index (χ0v) is 20.4. The average molecular weight is 475 g/mol. The molecule has 0 aromatic heterocycles. The Kier molecular flexibility index (Phi) is 7.56. The van der Waals surface area contributed by atoms with E-state index in [4.69, 9.17) is 9.47 Å². The summed E-state index contributed by atoms with van der Waals surface area (Å²) >= 11 is 0. The zero-order chi connectivity index (χ0) is 24.3. The number of rotatable bonds is 6. The second-order valence-corrected chi connectivity index (χ2v) is 10.2. The predicted octanol–water partition coefficient (Wildman–Crippen LogP) is 3.13. The lowest BCUT2D eigenvalue weighted by atomic mass is 10.0. The molecular formula is C24H30N2O6S. The maximum absolute atomic E-state index is 12.9. The molecule has 33 heavy (non-hydrogen) atoms. The van der Waals surface area contributed by atoms with Crippen LogP contribution in [0.2, 0.25) is 0 Å². The lowest BCUT2D eigenvalue weighted by molar-refractivity contribution is -0.123. The number of carbonyl (C=O) groups is 2. The number of nitrogens with one attached hydrogen (secondary N) is 1. The Bertz CT molecular complexity index is 1150. The van der Waals surface area contributed by atoms with E-state index in [1.165, 1.54) is 23.4 Å². The standard InChI is InChI=1S/C24H30N2O6S/c1-15-12-17(3)22(18(4)13-15)25-23(27)19(5)32-24(28)21-14-20(7-6-16(21)2)33(29,30)26-8-10-31-11-9-26/h6-7,12-14,19H,8-11H2,1-5H3,(H,25,27). The molecule has 1 aliphatic heterocycles. The summed E-state index contributed by atoms with van der Waals surface area (Å²) in [5, 5.41) is 2.83. The van der Waals surface area contributed by atoms with E-state index in [9.17, 15) is 18.0 Å². The minimum absolute atomic E-state index is 0.00459. The predicted molar refractivity (Wildman–Crippen MR) is 125 cm³/mol. The third-order valence-electron chi connectivity index (χ3n) is 5.62. The summed E-state index contributed by atoms with van der Waals surface area (Å²) in [5.74, 6) is -1.22. The molecule has 0 saturated carbocycles. The van der Waals surface area contributed by atoms with Gasteiger partial charge in [0.15, 0.2) is 6.10 Å². The van der Waals surface area contributed by atoms with Gasteiger partial charge in [-0.05, 0) is 63.4 Å². The van der Waals surface area contributed by atoms with E-state index in [1.807, 2.05) is 32.9 Å². The molecule has 1 aliphatic rings. The summed E-state index contributed by atoms with van der Waals surface area (Å²) < 4.78 is 37.8. The van der Waals surface area contributed by atoms with E-state index in [1.54, 1.807) is 13.0 Å². The molecule has 2 aromatic carbocycles. The van der Waals surface area contributed by atoms with Crippen LogP contribution in [0.25, 0.3) is 0 Å². The normalized spacial score (nSPS) is 15.7. The van der Waals surface area contributed by atoms with Crippen LogP contribution in [0, 0.1) is 27.7 Å². The van der Waals surface area contributed by atoms with Crippen molar-refractivity contribution in [3.63, 3.8) is 0 Å². The van der Waals surface area contributed by atoms with Gasteiger partial charge in [-0.3, -0.25) is 4.79 Å². The number of nitrogens with zero attached hydrogens (tertiary/aromatic N) is 1. The van der Waals surface area contributed by atoms with Gasteiger partial charge in [0.25, 0.3) is 5.91 Å². The van der Waals surface area contributed by atoms with E-state index in [0.29, 0.717) is 24.5 Å². The molecule has 8 nitrogen and oxygen atoms in total. The van der Waals surface area contributed by atoms with E-state index >= 15 is 0 Å². The molecule has 0 radical (unpaired) electrons. The van der Waals surface area contributed by atoms with E-state index in [2.05, 4.69) is 5.32 Å². The zero-order valence-electron chi connectivity index (χ0n) is 19.6. The van der Waals surface area contributed by atoms with Crippen LogP contribution in [0.4, 0.5) is 5.69 Å². The van der Waals surface area contributed by atoms with Gasteiger partial charge in [0.1, 0.15) is 0 Å². The number of carbonyl (C=O) groups excluding carboxylic acids is 2. The van der Waals surface area contributed by atoms with Crippen LogP contribution in [-0.2, 0) is 24.3 Å². The minimum Gasteiger partial charge on any atom is -0.449 e. The fourth-order valence-electron chi connectivity index (χ4n) is 3.80. The molecule has 9 heteroatoms. The van der Waals surface area contributed by atoms with E-state index in [0.717, 1.165) is 16.7 Å². The molecule has 2 aromatic rings. The molecule has 0 aliphatic carbocycles. The highest BCUT2D eigenvalue weighted by atomic mass is 32.2. The Morgan fingerprint density at radius 3 is 2.21 bits per heavy atom. The highest BCUT2D eigenvalue weighted by Gasteiger charge is 2.28. The average Bonchev–Trinajstić information content (AvgIpc) is 2.76. The van der Waals surface area contributed by atoms with Crippen molar-refractivity contribution in [1.29, 1.82) is 0 Å². The fourth-order valence-corrected chi connectivity index (χ4v) is 5.23. The number of amides is 1. The van der Waals surface area contributed by atoms with Crippen molar-refractivity contribution < 1.29 is 27.5 Å². The first-order valence-corrected chi connectivity index (χ1v) is 12.2. The second-order valence-electron chi connectivity index (χ2n) is 8.30. The SMILES string of the molecule is Cc1cc(C)c(NC(=O)C(C)OC(=O)c2cc(S(=O)(=O)N3CCOCC3)ccc2C)c(C)c1. The molecule has 0 bridgehead atoms. The quantitative estimate of drug-likeness (QED) is 0.646. The number of ether oxygens (including phenoxy) is 2. The van der Waals surface area contributed by atoms with Crippen LogP contribution in [0.15, 0.2) is 35.2 Å². The molecule has 1 amide bonds. The molecule has 3 rings (SSSR count). The highest BCUT2D eigenvalue weighted by molar-refractivity contribution is 7.89. The van der Waals surface area contributed by atoms with Crippen molar-refractivity contribution in [2.45, 2.75) is 45.6 Å². The number of benzene rings is 2. The largest absolute Gasteiger partial charge is 0.449 e. The van der Waals surface area contributed by atoms with Crippen LogP contribution in [0.5, 0.6) is 0 Å². The number of hydrogen-bond donors (Lipinski definition) is 1. The molecule has 1 N–H and O–H groups in total. The monoisotopic (exact) mass is 474 g/mol. The van der Waals surface area contributed by atoms with Crippen molar-refractivity contribution in [1.82, 2.24) is 4.31 Å². The Hall–Kier alpha value is -2.75. The molecule has 1 heterocycles. The third-order valence-corrected chi connectivity index (χ3v) is 7.51. The summed E-state index contributed by atoms with van der Waals surface area (Å²) in [7, 11) is -3.77. The van der Waals surface area contributed by atoms with Crippen molar-refractivity contribution in [2.24, 2.45) is 0 Å². The van der Waals surface area contributed by atoms with Gasteiger partial charge in [-0.1, -0.05) is 23.8 Å².